The number of hydrogen-bond donors (Lipinski definition) is 1. The second-order valence-electron chi connectivity index (χ2n) is 6.10. The zero-order valence-corrected chi connectivity index (χ0v) is 15.6. The van der Waals surface area contributed by atoms with Crippen LogP contribution in [-0.4, -0.2) is 17.5 Å². The maximum atomic E-state index is 12.9. The highest BCUT2D eigenvalue weighted by molar-refractivity contribution is 7.14. The smallest absolute Gasteiger partial charge is 0.264 e. The lowest BCUT2D eigenvalue weighted by atomic mass is 9.98. The second kappa shape index (κ2) is 7.66. The van der Waals surface area contributed by atoms with Crippen molar-refractivity contribution in [3.05, 3.63) is 64.3 Å². The minimum atomic E-state index is -0.348. The summed E-state index contributed by atoms with van der Waals surface area (Å²) in [5.41, 5.74) is 5.47. The summed E-state index contributed by atoms with van der Waals surface area (Å²) in [6.07, 6.45) is 0. The zero-order valence-electron chi connectivity index (χ0n) is 14.8. The molecule has 134 valence electrons. The van der Waals surface area contributed by atoms with Crippen molar-refractivity contribution >= 4 is 22.4 Å². The number of anilines is 1. The van der Waals surface area contributed by atoms with Crippen molar-refractivity contribution in [1.82, 2.24) is 4.98 Å². The monoisotopic (exact) mass is 370 g/mol. The summed E-state index contributed by atoms with van der Waals surface area (Å²) in [6.45, 7) is 6.02. The number of nitrogens with one attached hydrogen (secondary N) is 1. The predicted molar refractivity (Wildman–Crippen MR) is 102 cm³/mol. The Morgan fingerprint density at radius 2 is 1.81 bits per heavy atom. The number of halogens is 1. The molecule has 6 heteroatoms. The number of hydrogen-bond acceptors (Lipinski definition) is 4. The maximum absolute atomic E-state index is 12.9. The van der Waals surface area contributed by atoms with Gasteiger partial charge in [-0.15, -0.1) is 11.3 Å². The van der Waals surface area contributed by atoms with Gasteiger partial charge in [0.1, 0.15) is 11.6 Å². The third kappa shape index (κ3) is 4.26. The third-order valence-corrected chi connectivity index (χ3v) is 4.62. The summed E-state index contributed by atoms with van der Waals surface area (Å²) < 4.78 is 18.2. The Balaban J connectivity index is 1.65. The number of amides is 1. The van der Waals surface area contributed by atoms with E-state index in [1.54, 1.807) is 0 Å². The quantitative estimate of drug-likeness (QED) is 0.695. The Morgan fingerprint density at radius 3 is 2.46 bits per heavy atom. The van der Waals surface area contributed by atoms with Gasteiger partial charge >= 0.3 is 0 Å². The molecule has 1 aromatic heterocycles. The first-order valence-electron chi connectivity index (χ1n) is 8.14. The molecule has 0 spiro atoms. The van der Waals surface area contributed by atoms with E-state index in [0.717, 1.165) is 22.4 Å². The summed E-state index contributed by atoms with van der Waals surface area (Å²) in [4.78, 5) is 16.6. The van der Waals surface area contributed by atoms with Gasteiger partial charge < -0.3 is 4.74 Å². The first kappa shape index (κ1) is 18.1. The Labute approximate surface area is 155 Å². The van der Waals surface area contributed by atoms with Crippen LogP contribution in [-0.2, 0) is 4.79 Å². The summed E-state index contributed by atoms with van der Waals surface area (Å²) in [6, 6.07) is 9.77. The van der Waals surface area contributed by atoms with Gasteiger partial charge in [-0.1, -0.05) is 17.7 Å². The Morgan fingerprint density at radius 1 is 1.15 bits per heavy atom. The fourth-order valence-electron chi connectivity index (χ4n) is 2.87. The lowest BCUT2D eigenvalue weighted by Gasteiger charge is -2.09. The molecule has 1 heterocycles. The molecule has 3 aromatic rings. The van der Waals surface area contributed by atoms with E-state index in [1.165, 1.54) is 41.2 Å². The molecule has 0 saturated heterocycles. The van der Waals surface area contributed by atoms with Gasteiger partial charge in [0.15, 0.2) is 11.7 Å². The van der Waals surface area contributed by atoms with Crippen LogP contribution in [0, 0.1) is 26.6 Å². The van der Waals surface area contributed by atoms with Crippen molar-refractivity contribution in [3.8, 4) is 17.0 Å². The highest BCUT2D eigenvalue weighted by atomic mass is 32.1. The summed E-state index contributed by atoms with van der Waals surface area (Å²) in [7, 11) is 0. The number of rotatable bonds is 5. The maximum Gasteiger partial charge on any atom is 0.264 e. The molecule has 3 rings (SSSR count). The number of nitrogens with zero attached hydrogens (tertiary/aromatic N) is 1. The summed E-state index contributed by atoms with van der Waals surface area (Å²) >= 11 is 1.37. The van der Waals surface area contributed by atoms with Crippen LogP contribution in [0.2, 0.25) is 0 Å². The molecule has 4 nitrogen and oxygen atoms in total. The van der Waals surface area contributed by atoms with Crippen molar-refractivity contribution in [3.63, 3.8) is 0 Å². The van der Waals surface area contributed by atoms with Crippen molar-refractivity contribution in [1.29, 1.82) is 0 Å². The van der Waals surface area contributed by atoms with Crippen molar-refractivity contribution in [2.24, 2.45) is 0 Å². The van der Waals surface area contributed by atoms with Crippen LogP contribution in [0.3, 0.4) is 0 Å². The van der Waals surface area contributed by atoms with Gasteiger partial charge in [0.05, 0.1) is 5.69 Å². The fraction of sp³-hybridized carbons (Fsp3) is 0.200. The number of carbonyl (C=O) groups excluding carboxylic acids is 1. The Kier molecular flexibility index (Phi) is 5.32. The van der Waals surface area contributed by atoms with Crippen molar-refractivity contribution in [2.75, 3.05) is 11.9 Å². The van der Waals surface area contributed by atoms with E-state index in [9.17, 15) is 9.18 Å². The van der Waals surface area contributed by atoms with Crippen LogP contribution in [0.1, 0.15) is 16.7 Å². The largest absolute Gasteiger partial charge is 0.484 e. The number of aromatic nitrogens is 1. The first-order chi connectivity index (χ1) is 12.4. The SMILES string of the molecule is Cc1cc(C)c(-c2csc(NC(=O)COc3ccc(F)cc3)n2)c(C)c1. The molecule has 0 aliphatic rings. The van der Waals surface area contributed by atoms with E-state index < -0.39 is 0 Å². The molecule has 0 bridgehead atoms. The Hall–Kier alpha value is -2.73. The molecule has 0 unspecified atom stereocenters. The Bertz CT molecular complexity index is 912. The van der Waals surface area contributed by atoms with E-state index in [2.05, 4.69) is 43.2 Å². The van der Waals surface area contributed by atoms with Gasteiger partial charge in [0, 0.05) is 10.9 Å². The molecule has 26 heavy (non-hydrogen) atoms. The van der Waals surface area contributed by atoms with Gasteiger partial charge in [0.2, 0.25) is 0 Å². The van der Waals surface area contributed by atoms with Gasteiger partial charge in [-0.25, -0.2) is 9.37 Å². The molecule has 0 radical (unpaired) electrons. The zero-order chi connectivity index (χ0) is 18.7. The average molecular weight is 370 g/mol. The number of thiazole rings is 1. The van der Waals surface area contributed by atoms with E-state index in [4.69, 9.17) is 4.74 Å². The lowest BCUT2D eigenvalue weighted by molar-refractivity contribution is -0.118. The average Bonchev–Trinajstić information content (AvgIpc) is 3.01. The number of aryl methyl sites for hydroxylation is 3. The highest BCUT2D eigenvalue weighted by Crippen LogP contribution is 2.31. The van der Waals surface area contributed by atoms with Crippen LogP contribution in [0.25, 0.3) is 11.3 Å². The van der Waals surface area contributed by atoms with Gasteiger partial charge in [-0.05, 0) is 56.2 Å². The molecular weight excluding hydrogens is 351 g/mol. The van der Waals surface area contributed by atoms with Gasteiger partial charge in [-0.3, -0.25) is 10.1 Å². The lowest BCUT2D eigenvalue weighted by Crippen LogP contribution is -2.20. The van der Waals surface area contributed by atoms with Crippen LogP contribution in [0.4, 0.5) is 9.52 Å². The summed E-state index contributed by atoms with van der Waals surface area (Å²) in [5.74, 6) is -0.223. The molecule has 0 atom stereocenters. The third-order valence-electron chi connectivity index (χ3n) is 3.87. The van der Waals surface area contributed by atoms with Crippen molar-refractivity contribution in [2.45, 2.75) is 20.8 Å². The van der Waals surface area contributed by atoms with Crippen LogP contribution in [0.15, 0.2) is 41.8 Å². The second-order valence-corrected chi connectivity index (χ2v) is 6.96. The molecule has 2 aromatic carbocycles. The van der Waals surface area contributed by atoms with E-state index in [0.29, 0.717) is 10.9 Å². The molecule has 0 saturated carbocycles. The normalized spacial score (nSPS) is 10.6. The van der Waals surface area contributed by atoms with E-state index >= 15 is 0 Å². The number of ether oxygens (including phenoxy) is 1. The van der Waals surface area contributed by atoms with Crippen LogP contribution < -0.4 is 10.1 Å². The molecule has 1 amide bonds. The molecule has 0 aliphatic carbocycles. The predicted octanol–water partition coefficient (Wildman–Crippen LogP) is 4.89. The fourth-order valence-corrected chi connectivity index (χ4v) is 3.58. The number of benzene rings is 2. The standard InChI is InChI=1S/C20H19FN2O2S/c1-12-8-13(2)19(14(3)9-12)17-11-26-20(22-17)23-18(24)10-25-16-6-4-15(21)5-7-16/h4-9,11H,10H2,1-3H3,(H,22,23,24). The van der Waals surface area contributed by atoms with Crippen LogP contribution >= 0.6 is 11.3 Å². The molecule has 0 aliphatic heterocycles. The van der Waals surface area contributed by atoms with Crippen LogP contribution in [0.5, 0.6) is 5.75 Å². The highest BCUT2D eigenvalue weighted by Gasteiger charge is 2.12. The molecular formula is C20H19FN2O2S. The van der Waals surface area contributed by atoms with Gasteiger partial charge in [0.25, 0.3) is 5.91 Å². The minimum absolute atomic E-state index is 0.164. The molecule has 1 N–H and O–H groups in total. The molecule has 0 fully saturated rings. The first-order valence-corrected chi connectivity index (χ1v) is 9.02. The van der Waals surface area contributed by atoms with Crippen molar-refractivity contribution < 1.29 is 13.9 Å². The minimum Gasteiger partial charge on any atom is -0.484 e. The summed E-state index contributed by atoms with van der Waals surface area (Å²) in [5, 5.41) is 5.19. The van der Waals surface area contributed by atoms with E-state index in [1.807, 2.05) is 5.38 Å². The van der Waals surface area contributed by atoms with Gasteiger partial charge in [-0.2, -0.15) is 0 Å². The van der Waals surface area contributed by atoms with E-state index in [-0.39, 0.29) is 18.3 Å². The number of carbonyl (C=O) groups is 1. The topological polar surface area (TPSA) is 51.2 Å².